The van der Waals surface area contributed by atoms with Crippen LogP contribution in [0.15, 0.2) is 109 Å². The first-order valence-corrected chi connectivity index (χ1v) is 18.8. The second-order valence-corrected chi connectivity index (χ2v) is 12.7. The number of ether oxygens (including phenoxy) is 4. The number of hydrogen-bond acceptors (Lipinski definition) is 8. The van der Waals surface area contributed by atoms with E-state index in [9.17, 15) is 0 Å². The summed E-state index contributed by atoms with van der Waals surface area (Å²) in [5, 5.41) is 0. The molecule has 0 fully saturated rings. The summed E-state index contributed by atoms with van der Waals surface area (Å²) in [6, 6.07) is 11.8. The SMILES string of the molecule is C#CCO/C(C=C)=C(/C=CC/C=C(OCC#C)\C(=C/C=C)N1COc2ccc(N(CC#C)CC#C)cc2C1)N1COc2ccc(N(CC#C)CC#C)cc2C1.CCC. The Morgan fingerprint density at radius 2 is 1.24 bits per heavy atom. The van der Waals surface area contributed by atoms with E-state index in [0.717, 1.165) is 45.4 Å². The number of benzene rings is 2. The number of anilines is 2. The van der Waals surface area contributed by atoms with E-state index < -0.39 is 0 Å². The maximum absolute atomic E-state index is 6.18. The lowest BCUT2D eigenvalue weighted by molar-refractivity contribution is 0.116. The molecule has 2 aromatic rings. The highest BCUT2D eigenvalue weighted by atomic mass is 16.5. The Labute approximate surface area is 347 Å². The number of nitrogens with zero attached hydrogens (tertiary/aromatic N) is 4. The van der Waals surface area contributed by atoms with Gasteiger partial charge in [0.2, 0.25) is 0 Å². The standard InChI is InChI=1S/C47H44N4O4.C3H8/c1-9-19-42(50-34-38-32-40(22-24-45(38)54-36-50)48(26-10-2)27-11-3)47(53-31-15-7)21-18-17-20-43(44(16-8)52-30-14-6)51-35-39-33-41(23-25-46(39)55-37-51)49(28-12-4)29-13-5;1-3-2/h2-7,9,16-17,19-25,32-33H,1,8,18,26-31,34-37H2;3H2,1-2H3/b20-17?,42-19+,44-43-,47-21+;. The smallest absolute Gasteiger partial charge is 0.161 e. The molecule has 4 rings (SSSR count). The minimum Gasteiger partial charge on any atom is -0.479 e. The van der Waals surface area contributed by atoms with E-state index in [1.54, 1.807) is 12.2 Å². The topological polar surface area (TPSA) is 49.9 Å². The summed E-state index contributed by atoms with van der Waals surface area (Å²) in [6.45, 7) is 15.4. The highest BCUT2D eigenvalue weighted by Crippen LogP contribution is 2.34. The molecule has 0 aromatic heterocycles. The first-order valence-electron chi connectivity index (χ1n) is 18.8. The summed E-state index contributed by atoms with van der Waals surface area (Å²) >= 11 is 0. The first kappa shape index (κ1) is 45.0. The molecule has 0 saturated carbocycles. The third-order valence-electron chi connectivity index (χ3n) is 8.41. The first-order chi connectivity index (χ1) is 28.4. The molecule has 0 amide bonds. The third kappa shape index (κ3) is 12.9. The zero-order chi connectivity index (χ0) is 42.1. The van der Waals surface area contributed by atoms with E-state index in [0.29, 0.717) is 57.2 Å². The summed E-state index contributed by atoms with van der Waals surface area (Å²) < 4.78 is 24.4. The van der Waals surface area contributed by atoms with Crippen LogP contribution in [0.2, 0.25) is 0 Å². The van der Waals surface area contributed by atoms with Gasteiger partial charge in [0.1, 0.15) is 36.2 Å². The zero-order valence-corrected chi connectivity index (χ0v) is 33.7. The molecule has 2 aliphatic heterocycles. The summed E-state index contributed by atoms with van der Waals surface area (Å²) in [5.41, 5.74) is 5.21. The van der Waals surface area contributed by atoms with Gasteiger partial charge < -0.3 is 38.5 Å². The molecular formula is C50H52N4O4. The van der Waals surface area contributed by atoms with E-state index in [4.69, 9.17) is 57.5 Å². The van der Waals surface area contributed by atoms with Crippen molar-refractivity contribution in [1.29, 1.82) is 0 Å². The van der Waals surface area contributed by atoms with Crippen molar-refractivity contribution in [2.24, 2.45) is 0 Å². The van der Waals surface area contributed by atoms with Crippen molar-refractivity contribution in [2.75, 3.05) is 62.7 Å². The van der Waals surface area contributed by atoms with E-state index in [-0.39, 0.29) is 26.7 Å². The number of hydrogen-bond donors (Lipinski definition) is 0. The quantitative estimate of drug-likeness (QED) is 0.0864. The molecule has 0 unspecified atom stereocenters. The van der Waals surface area contributed by atoms with Crippen molar-refractivity contribution >= 4 is 11.4 Å². The van der Waals surface area contributed by atoms with Gasteiger partial charge in [-0.05, 0) is 67.1 Å². The average molecular weight is 773 g/mol. The van der Waals surface area contributed by atoms with Gasteiger partial charge in [-0.15, -0.1) is 38.5 Å². The molecule has 0 bridgehead atoms. The predicted molar refractivity (Wildman–Crippen MR) is 238 cm³/mol. The van der Waals surface area contributed by atoms with E-state index >= 15 is 0 Å². The van der Waals surface area contributed by atoms with Gasteiger partial charge in [0.05, 0.1) is 50.7 Å². The van der Waals surface area contributed by atoms with Gasteiger partial charge in [-0.25, -0.2) is 0 Å². The highest BCUT2D eigenvalue weighted by molar-refractivity contribution is 5.56. The highest BCUT2D eigenvalue weighted by Gasteiger charge is 2.24. The van der Waals surface area contributed by atoms with E-state index in [2.05, 4.69) is 62.5 Å². The van der Waals surface area contributed by atoms with Gasteiger partial charge in [0.15, 0.2) is 13.5 Å². The van der Waals surface area contributed by atoms with Crippen molar-refractivity contribution in [3.05, 3.63) is 120 Å². The van der Waals surface area contributed by atoms with Crippen LogP contribution in [0.5, 0.6) is 11.5 Å². The largest absolute Gasteiger partial charge is 0.479 e. The van der Waals surface area contributed by atoms with Crippen molar-refractivity contribution in [3.63, 3.8) is 0 Å². The average Bonchev–Trinajstić information content (AvgIpc) is 3.24. The summed E-state index contributed by atoms with van der Waals surface area (Å²) in [7, 11) is 0. The molecule has 0 N–H and O–H groups in total. The van der Waals surface area contributed by atoms with Crippen LogP contribution >= 0.6 is 0 Å². The molecular weight excluding hydrogens is 721 g/mol. The zero-order valence-electron chi connectivity index (χ0n) is 33.7. The lowest BCUT2D eigenvalue weighted by Gasteiger charge is -2.34. The molecule has 296 valence electrons. The number of fused-ring (bicyclic) bond motifs is 2. The molecule has 0 saturated heterocycles. The van der Waals surface area contributed by atoms with Crippen LogP contribution in [-0.2, 0) is 22.6 Å². The summed E-state index contributed by atoms with van der Waals surface area (Å²) in [4.78, 5) is 7.99. The van der Waals surface area contributed by atoms with Gasteiger partial charge in [-0.1, -0.05) is 81.1 Å². The molecule has 2 aromatic carbocycles. The van der Waals surface area contributed by atoms with Crippen molar-refractivity contribution < 1.29 is 18.9 Å². The van der Waals surface area contributed by atoms with Crippen molar-refractivity contribution in [3.8, 4) is 85.6 Å². The second kappa shape index (κ2) is 24.9. The lowest BCUT2D eigenvalue weighted by Crippen LogP contribution is -2.33. The Morgan fingerprint density at radius 1 is 0.741 bits per heavy atom. The third-order valence-corrected chi connectivity index (χ3v) is 8.41. The number of rotatable bonds is 18. The van der Waals surface area contributed by atoms with Crippen LogP contribution in [0.25, 0.3) is 0 Å². The summed E-state index contributed by atoms with van der Waals surface area (Å²) in [6.07, 6.45) is 46.4. The van der Waals surface area contributed by atoms with Crippen LogP contribution < -0.4 is 19.3 Å². The molecule has 8 nitrogen and oxygen atoms in total. The maximum atomic E-state index is 6.18. The number of allylic oxidation sites excluding steroid dienone is 6. The molecule has 8 heteroatoms. The number of terminal acetylenes is 6. The molecule has 2 heterocycles. The van der Waals surface area contributed by atoms with Gasteiger partial charge in [0, 0.05) is 22.5 Å². The lowest BCUT2D eigenvalue weighted by atomic mass is 10.1. The molecule has 58 heavy (non-hydrogen) atoms. The van der Waals surface area contributed by atoms with Crippen LogP contribution in [0, 0.1) is 74.1 Å². The molecule has 2 aliphatic rings. The normalized spacial score (nSPS) is 13.2. The van der Waals surface area contributed by atoms with Crippen LogP contribution in [-0.4, -0.2) is 62.7 Å². The molecule has 0 aliphatic carbocycles. The van der Waals surface area contributed by atoms with Crippen molar-refractivity contribution in [2.45, 2.75) is 39.8 Å². The fraction of sp³-hybridized carbons (Fsp3) is 0.280. The minimum atomic E-state index is 0.0604. The maximum Gasteiger partial charge on any atom is 0.161 e. The monoisotopic (exact) mass is 772 g/mol. The Hall–Kier alpha value is -7.36. The Bertz CT molecular complexity index is 2080. The van der Waals surface area contributed by atoms with Gasteiger partial charge >= 0.3 is 0 Å². The van der Waals surface area contributed by atoms with Crippen molar-refractivity contribution in [1.82, 2.24) is 9.80 Å². The molecule has 0 spiro atoms. The van der Waals surface area contributed by atoms with E-state index in [1.807, 2.05) is 80.3 Å². The molecule has 0 radical (unpaired) electrons. The fourth-order valence-electron chi connectivity index (χ4n) is 5.95. The van der Waals surface area contributed by atoms with E-state index in [1.165, 1.54) is 6.42 Å². The summed E-state index contributed by atoms with van der Waals surface area (Å²) in [5.74, 6) is 18.4. The van der Waals surface area contributed by atoms with Gasteiger partial charge in [-0.2, -0.15) is 0 Å². The Morgan fingerprint density at radius 3 is 1.72 bits per heavy atom. The van der Waals surface area contributed by atoms with Crippen LogP contribution in [0.4, 0.5) is 11.4 Å². The Balaban J connectivity index is 0.00000291. The van der Waals surface area contributed by atoms with Crippen LogP contribution in [0.3, 0.4) is 0 Å². The van der Waals surface area contributed by atoms with Gasteiger partial charge in [0.25, 0.3) is 0 Å². The van der Waals surface area contributed by atoms with Crippen LogP contribution in [0.1, 0.15) is 37.8 Å². The fourth-order valence-corrected chi connectivity index (χ4v) is 5.95. The minimum absolute atomic E-state index is 0.0604. The Kier molecular flexibility index (Phi) is 19.4. The molecule has 0 atom stereocenters. The van der Waals surface area contributed by atoms with Gasteiger partial charge in [-0.3, -0.25) is 0 Å². The predicted octanol–water partition coefficient (Wildman–Crippen LogP) is 7.85. The second-order valence-electron chi connectivity index (χ2n) is 12.7.